The molecule has 4 aliphatic carbocycles. The number of aliphatic hydroxyl groups excluding tert-OH is 2. The third-order valence-electron chi connectivity index (χ3n) is 10.0. The van der Waals surface area contributed by atoms with Crippen LogP contribution in [0.4, 0.5) is 0 Å². The molecule has 150 valence electrons. The molecule has 4 N–H and O–H groups in total. The highest BCUT2D eigenvalue weighted by Gasteiger charge is 2.62. The fraction of sp³-hybridized carbons (Fsp3) is 1.00. The molecule has 3 heteroatoms. The predicted octanol–water partition coefficient (Wildman–Crippen LogP) is 3.96. The van der Waals surface area contributed by atoms with Gasteiger partial charge in [0.15, 0.2) is 0 Å². The molecule has 0 aliphatic heterocycles. The van der Waals surface area contributed by atoms with E-state index in [1.165, 1.54) is 25.7 Å². The minimum absolute atomic E-state index is 0.140. The van der Waals surface area contributed by atoms with Crippen LogP contribution in [0, 0.1) is 46.3 Å². The van der Waals surface area contributed by atoms with Crippen molar-refractivity contribution >= 4 is 0 Å². The van der Waals surface area contributed by atoms with Crippen LogP contribution >= 0.6 is 0 Å². The molecule has 0 aromatic rings. The van der Waals surface area contributed by atoms with Crippen molar-refractivity contribution in [3.63, 3.8) is 0 Å². The zero-order valence-corrected chi connectivity index (χ0v) is 17.2. The Labute approximate surface area is 160 Å². The highest BCUT2D eigenvalue weighted by atomic mass is 16.3. The second-order valence-electron chi connectivity index (χ2n) is 11.0. The van der Waals surface area contributed by atoms with Crippen LogP contribution in [0.5, 0.6) is 0 Å². The van der Waals surface area contributed by atoms with Crippen LogP contribution in [0.3, 0.4) is 0 Å². The van der Waals surface area contributed by atoms with E-state index in [9.17, 15) is 10.2 Å². The van der Waals surface area contributed by atoms with Gasteiger partial charge in [-0.2, -0.15) is 0 Å². The van der Waals surface area contributed by atoms with E-state index in [0.29, 0.717) is 40.4 Å². The molecule has 26 heavy (non-hydrogen) atoms. The van der Waals surface area contributed by atoms with Crippen molar-refractivity contribution < 1.29 is 10.2 Å². The number of rotatable bonds is 3. The van der Waals surface area contributed by atoms with Crippen LogP contribution in [0.2, 0.25) is 0 Å². The van der Waals surface area contributed by atoms with Gasteiger partial charge >= 0.3 is 0 Å². The summed E-state index contributed by atoms with van der Waals surface area (Å²) in [5, 5.41) is 21.4. The first-order valence-electron chi connectivity index (χ1n) is 11.4. The lowest BCUT2D eigenvalue weighted by Crippen LogP contribution is -2.58. The second-order valence-corrected chi connectivity index (χ2v) is 11.0. The van der Waals surface area contributed by atoms with Gasteiger partial charge in [-0.1, -0.05) is 20.8 Å². The summed E-state index contributed by atoms with van der Waals surface area (Å²) in [7, 11) is 0. The average molecular weight is 364 g/mol. The van der Waals surface area contributed by atoms with Crippen molar-refractivity contribution in [2.75, 3.05) is 6.54 Å². The van der Waals surface area contributed by atoms with E-state index in [1.54, 1.807) is 0 Å². The standard InChI is InChI=1S/C23H41NO2/c1-14(8-11-24)17-4-5-18-21-19(7-10-23(17,18)3)22(2)9-6-16(25)12-15(22)13-20(21)26/h14-21,25-26H,4-13,24H2,1-3H3/t14-,15?,16-,17-,18?,19?,20+,21?,22+,23-/m1/s1. The van der Waals surface area contributed by atoms with Gasteiger partial charge in [0.05, 0.1) is 12.2 Å². The van der Waals surface area contributed by atoms with Crippen molar-refractivity contribution in [2.24, 2.45) is 52.1 Å². The van der Waals surface area contributed by atoms with Crippen molar-refractivity contribution in [3.05, 3.63) is 0 Å². The average Bonchev–Trinajstić information content (AvgIpc) is 2.94. The molecule has 0 radical (unpaired) electrons. The zero-order chi connectivity index (χ0) is 18.7. The summed E-state index contributed by atoms with van der Waals surface area (Å²) >= 11 is 0. The van der Waals surface area contributed by atoms with E-state index in [1.807, 2.05) is 0 Å². The summed E-state index contributed by atoms with van der Waals surface area (Å²) in [6, 6.07) is 0. The molecular formula is C23H41NO2. The molecule has 3 nitrogen and oxygen atoms in total. The largest absolute Gasteiger partial charge is 0.393 e. The molecule has 0 saturated heterocycles. The first-order chi connectivity index (χ1) is 12.3. The van der Waals surface area contributed by atoms with Crippen molar-refractivity contribution in [2.45, 2.75) is 90.8 Å². The molecule has 0 spiro atoms. The molecule has 4 aliphatic rings. The minimum atomic E-state index is -0.156. The van der Waals surface area contributed by atoms with Gasteiger partial charge < -0.3 is 15.9 Å². The summed E-state index contributed by atoms with van der Waals surface area (Å²) in [6.45, 7) is 8.26. The molecule has 0 amide bonds. The number of hydrogen-bond donors (Lipinski definition) is 3. The normalized spacial score (nSPS) is 54.9. The van der Waals surface area contributed by atoms with Crippen LogP contribution in [0.1, 0.15) is 78.6 Å². The molecule has 0 heterocycles. The van der Waals surface area contributed by atoms with Gasteiger partial charge in [0.2, 0.25) is 0 Å². The van der Waals surface area contributed by atoms with Gasteiger partial charge in [-0.15, -0.1) is 0 Å². The molecule has 4 fully saturated rings. The van der Waals surface area contributed by atoms with E-state index < -0.39 is 0 Å². The molecular weight excluding hydrogens is 322 g/mol. The Morgan fingerprint density at radius 1 is 0.962 bits per heavy atom. The van der Waals surface area contributed by atoms with Gasteiger partial charge in [0, 0.05) is 0 Å². The Bertz CT molecular complexity index is 524. The SMILES string of the molecule is C[C@H](CCN)[C@H]1CCC2C3C(CC[C@@]21C)[C@@]1(C)CC[C@@H](O)CC1C[C@@H]3O. The minimum Gasteiger partial charge on any atom is -0.393 e. The molecule has 4 rings (SSSR count). The summed E-state index contributed by atoms with van der Waals surface area (Å²) in [5.41, 5.74) is 6.61. The molecule has 4 unspecified atom stereocenters. The first-order valence-corrected chi connectivity index (χ1v) is 11.4. The lowest BCUT2D eigenvalue weighted by molar-refractivity contribution is -0.174. The number of nitrogens with two attached hydrogens (primary N) is 1. The van der Waals surface area contributed by atoms with Crippen LogP contribution in [0.15, 0.2) is 0 Å². The van der Waals surface area contributed by atoms with Gasteiger partial charge in [-0.25, -0.2) is 0 Å². The molecule has 4 saturated carbocycles. The molecule has 10 atom stereocenters. The second kappa shape index (κ2) is 6.74. The highest BCUT2D eigenvalue weighted by molar-refractivity contribution is 5.11. The third kappa shape index (κ3) is 2.71. The van der Waals surface area contributed by atoms with E-state index in [2.05, 4.69) is 20.8 Å². The van der Waals surface area contributed by atoms with Gasteiger partial charge in [-0.3, -0.25) is 0 Å². The maximum atomic E-state index is 11.2. The fourth-order valence-corrected chi connectivity index (χ4v) is 8.64. The molecule has 0 bridgehead atoms. The first kappa shape index (κ1) is 19.2. The summed E-state index contributed by atoms with van der Waals surface area (Å²) < 4.78 is 0. The Balaban J connectivity index is 1.61. The Hall–Kier alpha value is -0.120. The van der Waals surface area contributed by atoms with E-state index >= 15 is 0 Å². The van der Waals surface area contributed by atoms with Gasteiger partial charge in [0.25, 0.3) is 0 Å². The lowest BCUT2D eigenvalue weighted by Gasteiger charge is -2.62. The van der Waals surface area contributed by atoms with Gasteiger partial charge in [0.1, 0.15) is 0 Å². The monoisotopic (exact) mass is 363 g/mol. The maximum absolute atomic E-state index is 11.2. The Morgan fingerprint density at radius 2 is 1.65 bits per heavy atom. The highest BCUT2D eigenvalue weighted by Crippen LogP contribution is 2.68. The van der Waals surface area contributed by atoms with Crippen molar-refractivity contribution in [3.8, 4) is 0 Å². The van der Waals surface area contributed by atoms with E-state index in [-0.39, 0.29) is 12.2 Å². The maximum Gasteiger partial charge on any atom is 0.0577 e. The van der Waals surface area contributed by atoms with E-state index in [0.717, 1.165) is 44.6 Å². The van der Waals surface area contributed by atoms with Crippen molar-refractivity contribution in [1.82, 2.24) is 0 Å². The zero-order valence-electron chi connectivity index (χ0n) is 17.2. The van der Waals surface area contributed by atoms with Crippen LogP contribution < -0.4 is 5.73 Å². The van der Waals surface area contributed by atoms with Crippen LogP contribution in [-0.2, 0) is 0 Å². The Kier molecular flexibility index (Phi) is 4.98. The quantitative estimate of drug-likeness (QED) is 0.711. The summed E-state index contributed by atoms with van der Waals surface area (Å²) in [4.78, 5) is 0. The van der Waals surface area contributed by atoms with E-state index in [4.69, 9.17) is 5.73 Å². The third-order valence-corrected chi connectivity index (χ3v) is 10.0. The van der Waals surface area contributed by atoms with Crippen molar-refractivity contribution in [1.29, 1.82) is 0 Å². The summed E-state index contributed by atoms with van der Waals surface area (Å²) in [6.07, 6.45) is 10.0. The van der Waals surface area contributed by atoms with Crippen LogP contribution in [-0.4, -0.2) is 29.0 Å². The number of hydrogen-bond acceptors (Lipinski definition) is 3. The molecule has 0 aromatic heterocycles. The fourth-order valence-electron chi connectivity index (χ4n) is 8.64. The summed E-state index contributed by atoms with van der Waals surface area (Å²) in [5.74, 6) is 3.83. The smallest absolute Gasteiger partial charge is 0.0577 e. The lowest BCUT2D eigenvalue weighted by atomic mass is 9.43. The predicted molar refractivity (Wildman–Crippen MR) is 105 cm³/mol. The molecule has 0 aromatic carbocycles. The topological polar surface area (TPSA) is 66.5 Å². The van der Waals surface area contributed by atoms with Crippen LogP contribution in [0.25, 0.3) is 0 Å². The Morgan fingerprint density at radius 3 is 2.38 bits per heavy atom. The number of aliphatic hydroxyl groups is 2. The number of fused-ring (bicyclic) bond motifs is 5. The van der Waals surface area contributed by atoms with Gasteiger partial charge in [-0.05, 0) is 111 Å².